The number of hydrogen-bond donors (Lipinski definition) is 2. The molecule has 5 heteroatoms. The highest BCUT2D eigenvalue weighted by Crippen LogP contribution is 2.25. The lowest BCUT2D eigenvalue weighted by molar-refractivity contribution is -0.0278. The van der Waals surface area contributed by atoms with Crippen molar-refractivity contribution in [1.82, 2.24) is 5.32 Å². The standard InChI is InChI=1S/C16H33NO4/c1-14-4-6-16(7-5-14)21-13-15(18)12-17-8-3-9-20-11-10-19-2/h14-18H,3-13H2,1-2H3. The Kier molecular flexibility index (Phi) is 11.1. The summed E-state index contributed by atoms with van der Waals surface area (Å²) in [6.07, 6.45) is 5.66. The van der Waals surface area contributed by atoms with E-state index in [2.05, 4.69) is 12.2 Å². The van der Waals surface area contributed by atoms with E-state index in [1.807, 2.05) is 0 Å². The molecule has 0 aromatic heterocycles. The number of aliphatic hydroxyl groups excluding tert-OH is 1. The minimum Gasteiger partial charge on any atom is -0.389 e. The van der Waals surface area contributed by atoms with Gasteiger partial charge in [0.15, 0.2) is 0 Å². The second-order valence-corrected chi connectivity index (χ2v) is 6.03. The van der Waals surface area contributed by atoms with E-state index in [-0.39, 0.29) is 0 Å². The third-order valence-electron chi connectivity index (χ3n) is 3.94. The molecule has 1 fully saturated rings. The van der Waals surface area contributed by atoms with E-state index in [0.29, 0.717) is 32.5 Å². The lowest BCUT2D eigenvalue weighted by Crippen LogP contribution is -2.33. The maximum absolute atomic E-state index is 9.87. The Labute approximate surface area is 129 Å². The van der Waals surface area contributed by atoms with Gasteiger partial charge in [-0.1, -0.05) is 6.92 Å². The van der Waals surface area contributed by atoms with Crippen LogP contribution >= 0.6 is 0 Å². The summed E-state index contributed by atoms with van der Waals surface area (Å²) in [6, 6.07) is 0. The molecule has 5 nitrogen and oxygen atoms in total. The fraction of sp³-hybridized carbons (Fsp3) is 1.00. The Morgan fingerprint density at radius 2 is 1.90 bits per heavy atom. The quantitative estimate of drug-likeness (QED) is 0.536. The van der Waals surface area contributed by atoms with Crippen molar-refractivity contribution < 1.29 is 19.3 Å². The molecule has 0 aromatic rings. The third kappa shape index (κ3) is 10.2. The third-order valence-corrected chi connectivity index (χ3v) is 3.94. The van der Waals surface area contributed by atoms with Gasteiger partial charge in [-0.25, -0.2) is 0 Å². The van der Waals surface area contributed by atoms with Crippen LogP contribution < -0.4 is 5.32 Å². The number of ether oxygens (including phenoxy) is 3. The molecule has 1 aliphatic rings. The molecule has 0 radical (unpaired) electrons. The van der Waals surface area contributed by atoms with Crippen LogP contribution in [-0.2, 0) is 14.2 Å². The zero-order valence-electron chi connectivity index (χ0n) is 13.7. The van der Waals surface area contributed by atoms with E-state index in [1.165, 1.54) is 12.8 Å². The molecule has 21 heavy (non-hydrogen) atoms. The van der Waals surface area contributed by atoms with Gasteiger partial charge in [0.2, 0.25) is 0 Å². The normalized spacial score (nSPS) is 24.1. The summed E-state index contributed by atoms with van der Waals surface area (Å²) in [5, 5.41) is 13.1. The summed E-state index contributed by atoms with van der Waals surface area (Å²) in [5.74, 6) is 0.836. The zero-order chi connectivity index (χ0) is 15.3. The van der Waals surface area contributed by atoms with Crippen LogP contribution in [-0.4, -0.2) is 63.9 Å². The molecule has 0 aliphatic heterocycles. The SMILES string of the molecule is COCCOCCCNCC(O)COC1CCC(C)CC1. The molecular formula is C16H33NO4. The van der Waals surface area contributed by atoms with E-state index in [9.17, 15) is 5.11 Å². The maximum Gasteiger partial charge on any atom is 0.0897 e. The number of nitrogens with one attached hydrogen (secondary N) is 1. The van der Waals surface area contributed by atoms with Crippen LogP contribution in [0.2, 0.25) is 0 Å². The fourth-order valence-electron chi connectivity index (χ4n) is 2.51. The van der Waals surface area contributed by atoms with Gasteiger partial charge in [0, 0.05) is 20.3 Å². The number of methoxy groups -OCH3 is 1. The second kappa shape index (κ2) is 12.4. The van der Waals surface area contributed by atoms with Crippen molar-refractivity contribution >= 4 is 0 Å². The molecule has 0 spiro atoms. The van der Waals surface area contributed by atoms with Crippen LogP contribution in [0.5, 0.6) is 0 Å². The molecule has 0 amide bonds. The number of rotatable bonds is 12. The first-order chi connectivity index (χ1) is 10.2. The average molecular weight is 303 g/mol. The van der Waals surface area contributed by atoms with E-state index >= 15 is 0 Å². The molecule has 0 bridgehead atoms. The maximum atomic E-state index is 9.87. The van der Waals surface area contributed by atoms with Crippen LogP contribution in [0.4, 0.5) is 0 Å². The Bertz CT molecular complexity index is 232. The molecule has 1 atom stereocenters. The van der Waals surface area contributed by atoms with Crippen LogP contribution in [0.25, 0.3) is 0 Å². The summed E-state index contributed by atoms with van der Waals surface area (Å²) in [5.41, 5.74) is 0. The van der Waals surface area contributed by atoms with Gasteiger partial charge in [0.05, 0.1) is 32.0 Å². The van der Waals surface area contributed by atoms with Gasteiger partial charge < -0.3 is 24.6 Å². The molecule has 0 saturated heterocycles. The highest BCUT2D eigenvalue weighted by atomic mass is 16.5. The van der Waals surface area contributed by atoms with Crippen LogP contribution in [0.1, 0.15) is 39.0 Å². The molecule has 1 aliphatic carbocycles. The van der Waals surface area contributed by atoms with E-state index in [0.717, 1.165) is 38.3 Å². The Hall–Kier alpha value is -0.200. The van der Waals surface area contributed by atoms with Gasteiger partial charge >= 0.3 is 0 Å². The van der Waals surface area contributed by atoms with Crippen LogP contribution in [0, 0.1) is 5.92 Å². The molecule has 1 unspecified atom stereocenters. The highest BCUT2D eigenvalue weighted by molar-refractivity contribution is 4.71. The van der Waals surface area contributed by atoms with Gasteiger partial charge in [-0.3, -0.25) is 0 Å². The first kappa shape index (κ1) is 18.8. The van der Waals surface area contributed by atoms with E-state index in [1.54, 1.807) is 7.11 Å². The monoisotopic (exact) mass is 303 g/mol. The van der Waals surface area contributed by atoms with Gasteiger partial charge in [-0.05, 0) is 44.6 Å². The predicted octanol–water partition coefficient (Wildman–Crippen LogP) is 1.59. The minimum atomic E-state index is -0.418. The minimum absolute atomic E-state index is 0.352. The van der Waals surface area contributed by atoms with Crippen LogP contribution in [0.15, 0.2) is 0 Å². The van der Waals surface area contributed by atoms with Crippen LogP contribution in [0.3, 0.4) is 0 Å². The smallest absolute Gasteiger partial charge is 0.0897 e. The van der Waals surface area contributed by atoms with Crippen molar-refractivity contribution in [3.63, 3.8) is 0 Å². The second-order valence-electron chi connectivity index (χ2n) is 6.03. The number of hydrogen-bond acceptors (Lipinski definition) is 5. The molecule has 0 heterocycles. The first-order valence-corrected chi connectivity index (χ1v) is 8.29. The number of aliphatic hydroxyl groups is 1. The predicted molar refractivity (Wildman–Crippen MR) is 83.6 cm³/mol. The summed E-state index contributed by atoms with van der Waals surface area (Å²) < 4.78 is 16.0. The average Bonchev–Trinajstić information content (AvgIpc) is 2.49. The lowest BCUT2D eigenvalue weighted by Gasteiger charge is -2.27. The largest absolute Gasteiger partial charge is 0.389 e. The Morgan fingerprint density at radius 1 is 1.14 bits per heavy atom. The lowest BCUT2D eigenvalue weighted by atomic mass is 9.89. The van der Waals surface area contributed by atoms with Gasteiger partial charge in [-0.15, -0.1) is 0 Å². The molecule has 1 rings (SSSR count). The molecular weight excluding hydrogens is 270 g/mol. The molecule has 1 saturated carbocycles. The van der Waals surface area contributed by atoms with Gasteiger partial charge in [0.25, 0.3) is 0 Å². The topological polar surface area (TPSA) is 60.0 Å². The summed E-state index contributed by atoms with van der Waals surface area (Å²) >= 11 is 0. The van der Waals surface area contributed by atoms with E-state index in [4.69, 9.17) is 14.2 Å². The Balaban J connectivity index is 1.86. The molecule has 0 aromatic carbocycles. The van der Waals surface area contributed by atoms with Crippen molar-refractivity contribution in [1.29, 1.82) is 0 Å². The molecule has 126 valence electrons. The van der Waals surface area contributed by atoms with Gasteiger partial charge in [-0.2, -0.15) is 0 Å². The van der Waals surface area contributed by atoms with Crippen molar-refractivity contribution in [2.45, 2.75) is 51.2 Å². The summed E-state index contributed by atoms with van der Waals surface area (Å²) in [6.45, 7) is 6.19. The fourth-order valence-corrected chi connectivity index (χ4v) is 2.51. The van der Waals surface area contributed by atoms with Crippen molar-refractivity contribution in [3.8, 4) is 0 Å². The van der Waals surface area contributed by atoms with Gasteiger partial charge in [0.1, 0.15) is 0 Å². The summed E-state index contributed by atoms with van der Waals surface area (Å²) in [7, 11) is 1.67. The highest BCUT2D eigenvalue weighted by Gasteiger charge is 2.19. The van der Waals surface area contributed by atoms with Crippen molar-refractivity contribution in [3.05, 3.63) is 0 Å². The Morgan fingerprint density at radius 3 is 2.62 bits per heavy atom. The summed E-state index contributed by atoms with van der Waals surface area (Å²) in [4.78, 5) is 0. The first-order valence-electron chi connectivity index (χ1n) is 8.29. The van der Waals surface area contributed by atoms with Crippen molar-refractivity contribution in [2.75, 3.05) is 46.6 Å². The molecule has 2 N–H and O–H groups in total. The zero-order valence-corrected chi connectivity index (χ0v) is 13.7. The van der Waals surface area contributed by atoms with Crippen molar-refractivity contribution in [2.24, 2.45) is 5.92 Å². The van der Waals surface area contributed by atoms with E-state index < -0.39 is 6.10 Å².